The Morgan fingerprint density at radius 1 is 0.667 bits per heavy atom. The number of amides is 2. The zero-order valence-corrected chi connectivity index (χ0v) is 14.4. The third-order valence-corrected chi connectivity index (χ3v) is 6.35. The number of nitrogens with zero attached hydrogens (tertiary/aromatic N) is 2. The van der Waals surface area contributed by atoms with Gasteiger partial charge in [0.2, 0.25) is 11.8 Å². The highest BCUT2D eigenvalue weighted by atomic mass is 16.2. The monoisotopic (exact) mass is 352 g/mol. The van der Waals surface area contributed by atoms with Crippen LogP contribution >= 0.6 is 0 Å². The first kappa shape index (κ1) is 14.9. The molecule has 0 N–H and O–H groups in total. The molecule has 1 aliphatic heterocycles. The van der Waals surface area contributed by atoms with Crippen LogP contribution in [0.2, 0.25) is 0 Å². The predicted octanol–water partition coefficient (Wildman–Crippen LogP) is 3.48. The molecule has 3 aromatic rings. The van der Waals surface area contributed by atoms with Crippen LogP contribution in [0.3, 0.4) is 0 Å². The van der Waals surface area contributed by atoms with Gasteiger partial charge in [0.05, 0.1) is 23.7 Å². The summed E-state index contributed by atoms with van der Waals surface area (Å²) in [6, 6.07) is 20.1. The van der Waals surface area contributed by atoms with Crippen LogP contribution < -0.4 is 4.90 Å². The normalized spacial score (nSPS) is 27.3. The van der Waals surface area contributed by atoms with E-state index in [-0.39, 0.29) is 35.5 Å². The maximum atomic E-state index is 13.4. The zero-order valence-electron chi connectivity index (χ0n) is 14.4. The number of aromatic nitrogens is 1. The molecule has 1 saturated heterocycles. The SMILES string of the molecule is O=C1C2C3c4ccccc4C(c4ccccc43)[C@@H]2C(=O)N1c1cccnc1. The highest BCUT2D eigenvalue weighted by molar-refractivity contribution is 6.23. The number of anilines is 1. The number of hydrogen-bond acceptors (Lipinski definition) is 3. The zero-order chi connectivity index (χ0) is 18.1. The Hall–Kier alpha value is -3.27. The average molecular weight is 352 g/mol. The van der Waals surface area contributed by atoms with Crippen molar-refractivity contribution >= 4 is 17.5 Å². The minimum absolute atomic E-state index is 0.0643. The molecule has 1 fully saturated rings. The molecule has 0 radical (unpaired) electrons. The summed E-state index contributed by atoms with van der Waals surface area (Å²) in [5.74, 6) is -1.01. The Morgan fingerprint density at radius 2 is 1.15 bits per heavy atom. The van der Waals surface area contributed by atoms with Crippen molar-refractivity contribution in [3.8, 4) is 0 Å². The summed E-state index contributed by atoms with van der Waals surface area (Å²) in [5.41, 5.74) is 5.33. The van der Waals surface area contributed by atoms with Gasteiger partial charge in [-0.3, -0.25) is 14.6 Å². The van der Waals surface area contributed by atoms with Gasteiger partial charge in [0.25, 0.3) is 0 Å². The smallest absolute Gasteiger partial charge is 0.238 e. The van der Waals surface area contributed by atoms with Gasteiger partial charge in [0, 0.05) is 18.0 Å². The largest absolute Gasteiger partial charge is 0.274 e. The van der Waals surface area contributed by atoms with Crippen molar-refractivity contribution in [2.24, 2.45) is 11.8 Å². The molecule has 27 heavy (non-hydrogen) atoms. The second-order valence-electron chi connectivity index (χ2n) is 7.49. The summed E-state index contributed by atoms with van der Waals surface area (Å²) in [6.07, 6.45) is 3.24. The van der Waals surface area contributed by atoms with Crippen LogP contribution in [0.25, 0.3) is 0 Å². The molecule has 4 nitrogen and oxygen atoms in total. The molecule has 0 spiro atoms. The fourth-order valence-electron chi connectivity index (χ4n) is 5.42. The second kappa shape index (κ2) is 5.13. The maximum Gasteiger partial charge on any atom is 0.238 e. The molecule has 3 aliphatic carbocycles. The van der Waals surface area contributed by atoms with Gasteiger partial charge in [0.1, 0.15) is 0 Å². The van der Waals surface area contributed by atoms with Crippen LogP contribution in [-0.2, 0) is 9.59 Å². The van der Waals surface area contributed by atoms with E-state index in [1.54, 1.807) is 24.5 Å². The molecule has 2 bridgehead atoms. The molecular weight excluding hydrogens is 336 g/mol. The fourth-order valence-corrected chi connectivity index (χ4v) is 5.42. The standard InChI is InChI=1S/C23H16N2O2/c26-22-20-18-14-7-1-2-8-15(14)19(17-10-4-3-9-16(17)18)21(20)23(27)25(22)13-6-5-11-24-12-13/h1-12,18-21H/t18?,19?,20-,21?/m0/s1. The minimum Gasteiger partial charge on any atom is -0.274 e. The Kier molecular flexibility index (Phi) is 2.82. The first-order valence-electron chi connectivity index (χ1n) is 9.23. The van der Waals surface area contributed by atoms with E-state index < -0.39 is 0 Å². The van der Waals surface area contributed by atoms with Crippen molar-refractivity contribution in [3.63, 3.8) is 0 Å². The molecule has 1 aromatic heterocycles. The first-order chi connectivity index (χ1) is 13.3. The summed E-state index contributed by atoms with van der Waals surface area (Å²) >= 11 is 0. The molecular formula is C23H16N2O2. The third kappa shape index (κ3) is 1.75. The Labute approximate surface area is 156 Å². The number of carbonyl (C=O) groups is 2. The van der Waals surface area contributed by atoms with E-state index in [0.717, 1.165) is 0 Å². The Bertz CT molecular complexity index is 993. The second-order valence-corrected chi connectivity index (χ2v) is 7.49. The van der Waals surface area contributed by atoms with Gasteiger partial charge >= 0.3 is 0 Å². The van der Waals surface area contributed by atoms with Crippen LogP contribution in [0.5, 0.6) is 0 Å². The minimum atomic E-state index is -0.340. The number of hydrogen-bond donors (Lipinski definition) is 0. The van der Waals surface area contributed by atoms with E-state index in [2.05, 4.69) is 29.2 Å². The van der Waals surface area contributed by atoms with E-state index in [1.807, 2.05) is 24.3 Å². The van der Waals surface area contributed by atoms with E-state index in [9.17, 15) is 9.59 Å². The molecule has 2 aromatic carbocycles. The Balaban J connectivity index is 1.60. The van der Waals surface area contributed by atoms with E-state index >= 15 is 0 Å². The summed E-state index contributed by atoms with van der Waals surface area (Å²) in [5, 5.41) is 0. The molecule has 2 atom stereocenters. The molecule has 0 saturated carbocycles. The molecule has 7 rings (SSSR count). The lowest BCUT2D eigenvalue weighted by molar-refractivity contribution is -0.122. The lowest BCUT2D eigenvalue weighted by atomic mass is 9.55. The van der Waals surface area contributed by atoms with Gasteiger partial charge in [-0.05, 0) is 34.4 Å². The summed E-state index contributed by atoms with van der Waals surface area (Å²) in [6.45, 7) is 0. The molecule has 4 aliphatic rings. The highest BCUT2D eigenvalue weighted by Gasteiger charge is 2.61. The predicted molar refractivity (Wildman–Crippen MR) is 100 cm³/mol. The third-order valence-electron chi connectivity index (χ3n) is 6.35. The van der Waals surface area contributed by atoms with E-state index in [4.69, 9.17) is 0 Å². The van der Waals surface area contributed by atoms with Crippen LogP contribution in [0.15, 0.2) is 73.1 Å². The summed E-state index contributed by atoms with van der Waals surface area (Å²) in [4.78, 5) is 32.3. The lowest BCUT2D eigenvalue weighted by Crippen LogP contribution is -2.41. The molecule has 2 amide bonds. The van der Waals surface area contributed by atoms with Gasteiger partial charge in [-0.25, -0.2) is 4.90 Å². The van der Waals surface area contributed by atoms with Crippen LogP contribution in [0.1, 0.15) is 34.1 Å². The van der Waals surface area contributed by atoms with Crippen molar-refractivity contribution in [1.29, 1.82) is 0 Å². The lowest BCUT2D eigenvalue weighted by Gasteiger charge is -2.45. The first-order valence-corrected chi connectivity index (χ1v) is 9.23. The summed E-state index contributed by atoms with van der Waals surface area (Å²) < 4.78 is 0. The van der Waals surface area contributed by atoms with Crippen molar-refractivity contribution in [2.45, 2.75) is 11.8 Å². The van der Waals surface area contributed by atoms with Crippen molar-refractivity contribution in [3.05, 3.63) is 95.3 Å². The number of rotatable bonds is 1. The highest BCUT2D eigenvalue weighted by Crippen LogP contribution is 2.61. The molecule has 2 heterocycles. The van der Waals surface area contributed by atoms with Gasteiger partial charge < -0.3 is 0 Å². The topological polar surface area (TPSA) is 50.3 Å². The summed E-state index contributed by atoms with van der Waals surface area (Å²) in [7, 11) is 0. The number of benzene rings is 2. The van der Waals surface area contributed by atoms with Gasteiger partial charge in [-0.15, -0.1) is 0 Å². The van der Waals surface area contributed by atoms with Crippen molar-refractivity contribution in [1.82, 2.24) is 4.98 Å². The van der Waals surface area contributed by atoms with Gasteiger partial charge in [-0.1, -0.05) is 48.5 Å². The number of carbonyl (C=O) groups excluding carboxylic acids is 2. The molecule has 1 unspecified atom stereocenters. The fraction of sp³-hybridized carbons (Fsp3) is 0.174. The van der Waals surface area contributed by atoms with Crippen molar-refractivity contribution < 1.29 is 9.59 Å². The van der Waals surface area contributed by atoms with E-state index in [1.165, 1.54) is 27.2 Å². The Morgan fingerprint density at radius 3 is 1.56 bits per heavy atom. The van der Waals surface area contributed by atoms with Crippen LogP contribution in [-0.4, -0.2) is 16.8 Å². The molecule has 130 valence electrons. The van der Waals surface area contributed by atoms with Crippen LogP contribution in [0, 0.1) is 11.8 Å². The van der Waals surface area contributed by atoms with Gasteiger partial charge in [0.15, 0.2) is 0 Å². The van der Waals surface area contributed by atoms with Crippen LogP contribution in [0.4, 0.5) is 5.69 Å². The van der Waals surface area contributed by atoms with E-state index in [0.29, 0.717) is 5.69 Å². The van der Waals surface area contributed by atoms with Gasteiger partial charge in [-0.2, -0.15) is 0 Å². The number of imide groups is 1. The maximum absolute atomic E-state index is 13.4. The average Bonchev–Trinajstić information content (AvgIpc) is 3.00. The quantitative estimate of drug-likeness (QED) is 0.630. The molecule has 4 heteroatoms. The van der Waals surface area contributed by atoms with Crippen molar-refractivity contribution in [2.75, 3.05) is 4.90 Å². The number of pyridine rings is 1.